The molecule has 0 radical (unpaired) electrons. The normalized spacial score (nSPS) is 12.6. The third-order valence-corrected chi connectivity index (χ3v) is 3.56. The van der Waals surface area contributed by atoms with Crippen LogP contribution in [0.25, 0.3) is 0 Å². The van der Waals surface area contributed by atoms with Gasteiger partial charge in [0.1, 0.15) is 0 Å². The fourth-order valence-corrected chi connectivity index (χ4v) is 2.63. The molecular formula is C13H15ClN2S. The molecule has 1 atom stereocenters. The largest absolute Gasteiger partial charge is 0.305 e. The van der Waals surface area contributed by atoms with Gasteiger partial charge >= 0.3 is 0 Å². The van der Waals surface area contributed by atoms with Crippen molar-refractivity contribution in [1.82, 2.24) is 10.3 Å². The van der Waals surface area contributed by atoms with Crippen LogP contribution < -0.4 is 5.32 Å². The fraction of sp³-hybridized carbons (Fsp3) is 0.308. The molecule has 0 aromatic carbocycles. The van der Waals surface area contributed by atoms with Crippen molar-refractivity contribution in [1.29, 1.82) is 0 Å². The molecule has 17 heavy (non-hydrogen) atoms. The van der Waals surface area contributed by atoms with Gasteiger partial charge in [0.2, 0.25) is 0 Å². The lowest BCUT2D eigenvalue weighted by atomic mass is 10.1. The van der Waals surface area contributed by atoms with Crippen molar-refractivity contribution in [3.05, 3.63) is 51.4 Å². The third kappa shape index (κ3) is 3.06. The highest BCUT2D eigenvalue weighted by Gasteiger charge is 2.17. The summed E-state index contributed by atoms with van der Waals surface area (Å²) in [6, 6.07) is 5.95. The summed E-state index contributed by atoms with van der Waals surface area (Å²) < 4.78 is 0. The van der Waals surface area contributed by atoms with Gasteiger partial charge in [0.15, 0.2) is 0 Å². The first-order valence-corrected chi connectivity index (χ1v) is 7.01. The number of hydrogen-bond acceptors (Lipinski definition) is 3. The standard InChI is InChI=1S/C13H15ClN2S/c1-2-6-15-12(10-5-8-17-9-10)13-11(14)4-3-7-16-13/h3-5,7-9,12,15H,2,6H2,1H3. The molecule has 90 valence electrons. The summed E-state index contributed by atoms with van der Waals surface area (Å²) in [5.74, 6) is 0. The average Bonchev–Trinajstić information content (AvgIpc) is 2.85. The number of nitrogens with zero attached hydrogens (tertiary/aromatic N) is 1. The monoisotopic (exact) mass is 266 g/mol. The van der Waals surface area contributed by atoms with Gasteiger partial charge in [-0.15, -0.1) is 0 Å². The van der Waals surface area contributed by atoms with Crippen LogP contribution in [0.2, 0.25) is 5.02 Å². The first-order chi connectivity index (χ1) is 8.33. The second-order valence-electron chi connectivity index (χ2n) is 3.81. The molecule has 2 nitrogen and oxygen atoms in total. The van der Waals surface area contributed by atoms with Crippen LogP contribution in [0.3, 0.4) is 0 Å². The Hall–Kier alpha value is -0.900. The Kier molecular flexibility index (Phi) is 4.54. The van der Waals surface area contributed by atoms with E-state index in [1.54, 1.807) is 17.5 Å². The van der Waals surface area contributed by atoms with Gasteiger partial charge in [-0.25, -0.2) is 0 Å². The Morgan fingerprint density at radius 2 is 2.35 bits per heavy atom. The maximum Gasteiger partial charge on any atom is 0.0804 e. The van der Waals surface area contributed by atoms with Gasteiger partial charge < -0.3 is 5.32 Å². The van der Waals surface area contributed by atoms with Crippen molar-refractivity contribution in [2.24, 2.45) is 0 Å². The van der Waals surface area contributed by atoms with Crippen molar-refractivity contribution in [3.8, 4) is 0 Å². The molecule has 1 unspecified atom stereocenters. The number of nitrogens with one attached hydrogen (secondary N) is 1. The summed E-state index contributed by atoms with van der Waals surface area (Å²) in [5.41, 5.74) is 2.13. The van der Waals surface area contributed by atoms with E-state index in [2.05, 4.69) is 34.1 Å². The van der Waals surface area contributed by atoms with E-state index in [0.717, 1.165) is 18.7 Å². The molecular weight excluding hydrogens is 252 g/mol. The lowest BCUT2D eigenvalue weighted by molar-refractivity contribution is 0.588. The zero-order valence-corrected chi connectivity index (χ0v) is 11.3. The SMILES string of the molecule is CCCNC(c1ccsc1)c1ncccc1Cl. The van der Waals surface area contributed by atoms with E-state index in [-0.39, 0.29) is 6.04 Å². The first-order valence-electron chi connectivity index (χ1n) is 5.68. The fourth-order valence-electron chi connectivity index (χ4n) is 1.71. The Bertz CT molecular complexity index is 456. The lowest BCUT2D eigenvalue weighted by Gasteiger charge is -2.18. The molecule has 1 N–H and O–H groups in total. The Morgan fingerprint density at radius 3 is 3.00 bits per heavy atom. The maximum atomic E-state index is 6.22. The minimum Gasteiger partial charge on any atom is -0.305 e. The number of thiophene rings is 1. The maximum absolute atomic E-state index is 6.22. The van der Waals surface area contributed by atoms with Crippen LogP contribution in [0.5, 0.6) is 0 Å². The smallest absolute Gasteiger partial charge is 0.0804 e. The van der Waals surface area contributed by atoms with Gasteiger partial charge in [0.05, 0.1) is 16.8 Å². The van der Waals surface area contributed by atoms with Crippen molar-refractivity contribution in [2.75, 3.05) is 6.54 Å². The molecule has 0 aliphatic rings. The molecule has 2 heterocycles. The van der Waals surface area contributed by atoms with Crippen molar-refractivity contribution in [3.63, 3.8) is 0 Å². The van der Waals surface area contributed by atoms with Crippen molar-refractivity contribution < 1.29 is 0 Å². The number of aromatic nitrogens is 1. The molecule has 2 aromatic rings. The first kappa shape index (κ1) is 12.6. The third-order valence-electron chi connectivity index (χ3n) is 2.54. The highest BCUT2D eigenvalue weighted by atomic mass is 35.5. The van der Waals surface area contributed by atoms with Crippen LogP contribution >= 0.6 is 22.9 Å². The van der Waals surface area contributed by atoms with E-state index in [1.807, 2.05) is 12.1 Å². The molecule has 0 fully saturated rings. The van der Waals surface area contributed by atoms with E-state index < -0.39 is 0 Å². The van der Waals surface area contributed by atoms with E-state index in [0.29, 0.717) is 5.02 Å². The number of pyridine rings is 1. The predicted octanol–water partition coefficient (Wildman–Crippen LogP) is 3.89. The van der Waals surface area contributed by atoms with Crippen LogP contribution in [0.15, 0.2) is 35.2 Å². The summed E-state index contributed by atoms with van der Waals surface area (Å²) in [7, 11) is 0. The number of hydrogen-bond donors (Lipinski definition) is 1. The van der Waals surface area contributed by atoms with E-state index in [9.17, 15) is 0 Å². The number of halogens is 1. The van der Waals surface area contributed by atoms with Gasteiger partial charge in [0.25, 0.3) is 0 Å². The van der Waals surface area contributed by atoms with E-state index in [1.165, 1.54) is 5.56 Å². The predicted molar refractivity (Wildman–Crippen MR) is 73.7 cm³/mol. The van der Waals surface area contributed by atoms with E-state index >= 15 is 0 Å². The number of rotatable bonds is 5. The Labute approximate surface area is 111 Å². The lowest BCUT2D eigenvalue weighted by Crippen LogP contribution is -2.23. The zero-order chi connectivity index (χ0) is 12.1. The second kappa shape index (κ2) is 6.15. The van der Waals surface area contributed by atoms with Crippen LogP contribution in [0.1, 0.15) is 30.6 Å². The topological polar surface area (TPSA) is 24.9 Å². The molecule has 0 spiro atoms. The summed E-state index contributed by atoms with van der Waals surface area (Å²) in [6.07, 6.45) is 2.87. The molecule has 0 bridgehead atoms. The minimum atomic E-state index is 0.0925. The summed E-state index contributed by atoms with van der Waals surface area (Å²) >= 11 is 7.91. The van der Waals surface area contributed by atoms with Crippen LogP contribution in [0.4, 0.5) is 0 Å². The van der Waals surface area contributed by atoms with Gasteiger partial charge in [-0.3, -0.25) is 4.98 Å². The molecule has 0 saturated carbocycles. The van der Waals surface area contributed by atoms with Gasteiger partial charge in [-0.1, -0.05) is 18.5 Å². The van der Waals surface area contributed by atoms with Crippen LogP contribution in [-0.4, -0.2) is 11.5 Å². The van der Waals surface area contributed by atoms with Gasteiger partial charge in [0, 0.05) is 6.20 Å². The minimum absolute atomic E-state index is 0.0925. The van der Waals surface area contributed by atoms with Crippen LogP contribution in [-0.2, 0) is 0 Å². The molecule has 0 saturated heterocycles. The Morgan fingerprint density at radius 1 is 1.47 bits per heavy atom. The zero-order valence-electron chi connectivity index (χ0n) is 9.69. The Balaban J connectivity index is 2.30. The van der Waals surface area contributed by atoms with Crippen LogP contribution in [0, 0.1) is 0 Å². The molecule has 0 aliphatic heterocycles. The molecule has 4 heteroatoms. The molecule has 2 rings (SSSR count). The van der Waals surface area contributed by atoms with Gasteiger partial charge in [-0.05, 0) is 47.5 Å². The van der Waals surface area contributed by atoms with E-state index in [4.69, 9.17) is 11.6 Å². The summed E-state index contributed by atoms with van der Waals surface area (Å²) in [5, 5.41) is 8.42. The van der Waals surface area contributed by atoms with Crippen molar-refractivity contribution >= 4 is 22.9 Å². The molecule has 2 aromatic heterocycles. The highest BCUT2D eigenvalue weighted by Crippen LogP contribution is 2.27. The second-order valence-corrected chi connectivity index (χ2v) is 5.00. The van der Waals surface area contributed by atoms with Crippen molar-refractivity contribution in [2.45, 2.75) is 19.4 Å². The van der Waals surface area contributed by atoms with Gasteiger partial charge in [-0.2, -0.15) is 11.3 Å². The quantitative estimate of drug-likeness (QED) is 0.888. The summed E-state index contributed by atoms with van der Waals surface area (Å²) in [6.45, 7) is 3.10. The summed E-state index contributed by atoms with van der Waals surface area (Å²) in [4.78, 5) is 4.40. The molecule has 0 amide bonds. The average molecular weight is 267 g/mol. The molecule has 0 aliphatic carbocycles. The highest BCUT2D eigenvalue weighted by molar-refractivity contribution is 7.08.